The predicted molar refractivity (Wildman–Crippen MR) is 82.0 cm³/mol. The summed E-state index contributed by atoms with van der Waals surface area (Å²) in [6.45, 7) is 0. The average Bonchev–Trinajstić information content (AvgIpc) is 3.13. The fourth-order valence-electron chi connectivity index (χ4n) is 2.53. The van der Waals surface area contributed by atoms with Crippen LogP contribution in [0.4, 0.5) is 5.69 Å². The molecular formula is C14H14N2O3S2. The van der Waals surface area contributed by atoms with Gasteiger partial charge in [0, 0.05) is 13.5 Å². The van der Waals surface area contributed by atoms with Crippen molar-refractivity contribution in [2.24, 2.45) is 0 Å². The van der Waals surface area contributed by atoms with E-state index in [4.69, 9.17) is 0 Å². The molecule has 0 fully saturated rings. The van der Waals surface area contributed by atoms with Crippen molar-refractivity contribution in [1.29, 1.82) is 0 Å². The quantitative estimate of drug-likeness (QED) is 0.934. The van der Waals surface area contributed by atoms with Gasteiger partial charge in [-0.25, -0.2) is 8.42 Å². The number of hydrogen-bond acceptors (Lipinski definition) is 4. The number of rotatable bonds is 3. The number of sulfonamides is 1. The zero-order valence-corrected chi connectivity index (χ0v) is 12.9. The van der Waals surface area contributed by atoms with Crippen molar-refractivity contribution < 1.29 is 13.2 Å². The molecule has 0 bridgehead atoms. The zero-order valence-electron chi connectivity index (χ0n) is 11.3. The maximum atomic E-state index is 12.8. The van der Waals surface area contributed by atoms with E-state index < -0.39 is 16.1 Å². The minimum atomic E-state index is -3.72. The number of carbonyl (C=O) groups excluding carboxylic acids is 1. The molecule has 2 aromatic rings. The summed E-state index contributed by atoms with van der Waals surface area (Å²) in [4.78, 5) is 12.1. The number of fused-ring (bicyclic) bond motifs is 1. The van der Waals surface area contributed by atoms with Crippen LogP contribution in [0.25, 0.3) is 0 Å². The van der Waals surface area contributed by atoms with Crippen LogP contribution in [0.2, 0.25) is 0 Å². The summed E-state index contributed by atoms with van der Waals surface area (Å²) in [7, 11) is -2.21. The molecule has 5 nitrogen and oxygen atoms in total. The van der Waals surface area contributed by atoms with E-state index in [0.717, 1.165) is 16.9 Å². The number of nitrogens with zero attached hydrogens (tertiary/aromatic N) is 1. The number of likely N-dealkylation sites (N-methyl/N-ethyl adjacent to an activating group) is 1. The average molecular weight is 322 g/mol. The van der Waals surface area contributed by atoms with Crippen LogP contribution in [0.1, 0.15) is 5.56 Å². The number of hydrogen-bond donors (Lipinski definition) is 1. The second kappa shape index (κ2) is 5.16. The number of thiophene rings is 1. The zero-order chi connectivity index (χ0) is 15.0. The SMILES string of the molecule is CNC(=O)C1Cc2ccccc2N1S(=O)(=O)c1cccs1. The van der Waals surface area contributed by atoms with Gasteiger partial charge in [-0.3, -0.25) is 9.10 Å². The summed E-state index contributed by atoms with van der Waals surface area (Å²) >= 11 is 1.15. The van der Waals surface area contributed by atoms with Gasteiger partial charge in [0.1, 0.15) is 10.3 Å². The first kappa shape index (κ1) is 14.1. The summed E-state index contributed by atoms with van der Waals surface area (Å²) in [6, 6.07) is 9.73. The smallest absolute Gasteiger partial charge is 0.274 e. The van der Waals surface area contributed by atoms with Gasteiger partial charge in [0.05, 0.1) is 5.69 Å². The van der Waals surface area contributed by atoms with Crippen LogP contribution in [0.5, 0.6) is 0 Å². The molecule has 1 aromatic heterocycles. The first-order valence-electron chi connectivity index (χ1n) is 6.43. The van der Waals surface area contributed by atoms with E-state index in [-0.39, 0.29) is 10.1 Å². The second-order valence-corrected chi connectivity index (χ2v) is 7.69. The van der Waals surface area contributed by atoms with Gasteiger partial charge in [-0.2, -0.15) is 0 Å². The number of amides is 1. The molecule has 3 rings (SSSR count). The maximum Gasteiger partial charge on any atom is 0.274 e. The largest absolute Gasteiger partial charge is 0.357 e. The molecule has 1 aliphatic heterocycles. The molecule has 1 unspecified atom stereocenters. The van der Waals surface area contributed by atoms with Gasteiger partial charge in [-0.15, -0.1) is 11.3 Å². The van der Waals surface area contributed by atoms with Crippen molar-refractivity contribution in [2.45, 2.75) is 16.7 Å². The molecule has 0 spiro atoms. The van der Waals surface area contributed by atoms with Crippen LogP contribution in [0, 0.1) is 0 Å². The topological polar surface area (TPSA) is 66.5 Å². The Morgan fingerprint density at radius 2 is 2.05 bits per heavy atom. The molecule has 1 aliphatic rings. The summed E-state index contributed by atoms with van der Waals surface area (Å²) in [5.41, 5.74) is 1.45. The molecule has 110 valence electrons. The van der Waals surface area contributed by atoms with Crippen LogP contribution in [-0.2, 0) is 21.2 Å². The Hall–Kier alpha value is -1.86. The lowest BCUT2D eigenvalue weighted by Crippen LogP contribution is -2.46. The third-order valence-corrected chi connectivity index (χ3v) is 6.68. The Balaban J connectivity index is 2.14. The van der Waals surface area contributed by atoms with Gasteiger partial charge in [-0.1, -0.05) is 24.3 Å². The van der Waals surface area contributed by atoms with E-state index in [9.17, 15) is 13.2 Å². The van der Waals surface area contributed by atoms with Crippen molar-refractivity contribution in [2.75, 3.05) is 11.4 Å². The highest BCUT2D eigenvalue weighted by Gasteiger charge is 2.42. The van der Waals surface area contributed by atoms with Crippen molar-refractivity contribution in [3.8, 4) is 0 Å². The monoisotopic (exact) mass is 322 g/mol. The summed E-state index contributed by atoms with van der Waals surface area (Å²) < 4.78 is 27.2. The molecular weight excluding hydrogens is 308 g/mol. The summed E-state index contributed by atoms with van der Waals surface area (Å²) in [5, 5.41) is 4.26. The third kappa shape index (κ3) is 2.22. The van der Waals surface area contributed by atoms with Crippen molar-refractivity contribution in [3.05, 3.63) is 47.3 Å². The Bertz CT molecular complexity index is 769. The standard InChI is InChI=1S/C14H14N2O3S2/c1-15-14(17)12-9-10-5-2-3-6-11(10)16(12)21(18,19)13-7-4-8-20-13/h2-8,12H,9H2,1H3,(H,15,17). The molecule has 1 atom stereocenters. The maximum absolute atomic E-state index is 12.8. The Kier molecular flexibility index (Phi) is 3.46. The highest BCUT2D eigenvalue weighted by molar-refractivity contribution is 7.94. The van der Waals surface area contributed by atoms with Crippen LogP contribution in [0.15, 0.2) is 46.0 Å². The molecule has 1 N–H and O–H groups in total. The van der Waals surface area contributed by atoms with Gasteiger partial charge in [0.15, 0.2) is 0 Å². The number of benzene rings is 1. The number of nitrogens with one attached hydrogen (secondary N) is 1. The van der Waals surface area contributed by atoms with Crippen molar-refractivity contribution >= 4 is 33.0 Å². The van der Waals surface area contributed by atoms with Gasteiger partial charge in [-0.05, 0) is 23.1 Å². The van der Waals surface area contributed by atoms with Crippen molar-refractivity contribution in [1.82, 2.24) is 5.32 Å². The normalized spacial score (nSPS) is 17.6. The third-order valence-electron chi connectivity index (χ3n) is 3.48. The van der Waals surface area contributed by atoms with Crippen LogP contribution < -0.4 is 9.62 Å². The van der Waals surface area contributed by atoms with E-state index in [1.807, 2.05) is 12.1 Å². The highest BCUT2D eigenvalue weighted by Crippen LogP contribution is 2.37. The number of para-hydroxylation sites is 1. The molecule has 2 heterocycles. The lowest BCUT2D eigenvalue weighted by Gasteiger charge is -2.25. The molecule has 0 saturated heterocycles. The van der Waals surface area contributed by atoms with E-state index in [0.29, 0.717) is 12.1 Å². The summed E-state index contributed by atoms with van der Waals surface area (Å²) in [6.07, 6.45) is 0.389. The minimum absolute atomic E-state index is 0.244. The van der Waals surface area contributed by atoms with E-state index >= 15 is 0 Å². The van der Waals surface area contributed by atoms with Crippen LogP contribution in [-0.4, -0.2) is 27.4 Å². The van der Waals surface area contributed by atoms with Gasteiger partial charge >= 0.3 is 0 Å². The van der Waals surface area contributed by atoms with Gasteiger partial charge in [0.25, 0.3) is 10.0 Å². The molecule has 21 heavy (non-hydrogen) atoms. The Labute approximate surface area is 127 Å². The Morgan fingerprint density at radius 3 is 2.71 bits per heavy atom. The fraction of sp³-hybridized carbons (Fsp3) is 0.214. The molecule has 1 amide bonds. The first-order chi connectivity index (χ1) is 10.1. The van der Waals surface area contributed by atoms with Gasteiger partial charge in [0.2, 0.25) is 5.91 Å². The lowest BCUT2D eigenvalue weighted by molar-refractivity contribution is -0.121. The molecule has 0 saturated carbocycles. The number of carbonyl (C=O) groups is 1. The first-order valence-corrected chi connectivity index (χ1v) is 8.75. The summed E-state index contributed by atoms with van der Waals surface area (Å²) in [5.74, 6) is -0.300. The van der Waals surface area contributed by atoms with Crippen LogP contribution >= 0.6 is 11.3 Å². The molecule has 1 aromatic carbocycles. The second-order valence-electron chi connectivity index (χ2n) is 4.70. The Morgan fingerprint density at radius 1 is 1.29 bits per heavy atom. The minimum Gasteiger partial charge on any atom is -0.357 e. The van der Waals surface area contributed by atoms with Gasteiger partial charge < -0.3 is 5.32 Å². The van der Waals surface area contributed by atoms with Crippen LogP contribution in [0.3, 0.4) is 0 Å². The van der Waals surface area contributed by atoms with E-state index in [1.54, 1.807) is 29.6 Å². The van der Waals surface area contributed by atoms with E-state index in [1.165, 1.54) is 11.4 Å². The molecule has 7 heteroatoms. The van der Waals surface area contributed by atoms with E-state index in [2.05, 4.69) is 5.32 Å². The molecule has 0 radical (unpaired) electrons. The van der Waals surface area contributed by atoms with Crippen molar-refractivity contribution in [3.63, 3.8) is 0 Å². The molecule has 0 aliphatic carbocycles. The number of anilines is 1. The predicted octanol–water partition coefficient (Wildman–Crippen LogP) is 1.61. The fourth-order valence-corrected chi connectivity index (χ4v) is 5.26. The lowest BCUT2D eigenvalue weighted by atomic mass is 10.1. The highest BCUT2D eigenvalue weighted by atomic mass is 32.2.